The first kappa shape index (κ1) is 9.79. The predicted octanol–water partition coefficient (Wildman–Crippen LogP) is 2.37. The largest absolute Gasteiger partial charge is 0.376 e. The molecule has 2 heteroatoms. The summed E-state index contributed by atoms with van der Waals surface area (Å²) in [4.78, 5) is 12.0. The van der Waals surface area contributed by atoms with Crippen LogP contribution in [0, 0.1) is 12.8 Å². The lowest BCUT2D eigenvalue weighted by Crippen LogP contribution is -2.01. The Morgan fingerprint density at radius 2 is 2.00 bits per heavy atom. The lowest BCUT2D eigenvalue weighted by Gasteiger charge is -2.04. The number of carbonyl (C=O) groups excluding carboxylic acids is 1. The topological polar surface area (TPSA) is 26.3 Å². The molecule has 2 nitrogen and oxygen atoms in total. The van der Waals surface area contributed by atoms with Crippen LogP contribution < -0.4 is 0 Å². The average molecular weight is 214 g/mol. The molecular formula is C14H14O2. The van der Waals surface area contributed by atoms with Gasteiger partial charge in [0.2, 0.25) is 0 Å². The van der Waals surface area contributed by atoms with Crippen molar-refractivity contribution in [3.63, 3.8) is 0 Å². The van der Waals surface area contributed by atoms with Gasteiger partial charge in [-0.3, -0.25) is 4.79 Å². The molecule has 0 aromatic heterocycles. The van der Waals surface area contributed by atoms with E-state index in [2.05, 4.69) is 19.1 Å². The Balaban J connectivity index is 2.08. The third-order valence-electron chi connectivity index (χ3n) is 3.44. The number of fused-ring (bicyclic) bond motifs is 1. The van der Waals surface area contributed by atoms with E-state index in [-0.39, 0.29) is 5.78 Å². The van der Waals surface area contributed by atoms with E-state index in [1.165, 1.54) is 11.1 Å². The van der Waals surface area contributed by atoms with Crippen molar-refractivity contribution in [2.45, 2.75) is 13.3 Å². The molecule has 0 bridgehead atoms. The molecule has 16 heavy (non-hydrogen) atoms. The fourth-order valence-corrected chi connectivity index (χ4v) is 2.56. The van der Waals surface area contributed by atoms with Crippen LogP contribution in [0.5, 0.6) is 0 Å². The summed E-state index contributed by atoms with van der Waals surface area (Å²) >= 11 is 0. The minimum atomic E-state index is 0.284. The second-order valence-corrected chi connectivity index (χ2v) is 4.61. The van der Waals surface area contributed by atoms with Crippen molar-refractivity contribution in [3.8, 4) is 0 Å². The third-order valence-corrected chi connectivity index (χ3v) is 3.44. The molecule has 0 amide bonds. The van der Waals surface area contributed by atoms with Gasteiger partial charge in [0.1, 0.15) is 0 Å². The highest BCUT2D eigenvalue weighted by molar-refractivity contribution is 6.24. The Bertz CT molecular complexity index is 468. The number of rotatable bonds is 1. The number of ketones is 1. The summed E-state index contributed by atoms with van der Waals surface area (Å²) in [5, 5.41) is 0. The molecule has 1 aromatic carbocycles. The predicted molar refractivity (Wildman–Crippen MR) is 62.0 cm³/mol. The van der Waals surface area contributed by atoms with Crippen LogP contribution in [-0.2, 0) is 9.53 Å². The van der Waals surface area contributed by atoms with E-state index >= 15 is 0 Å². The Morgan fingerprint density at radius 3 is 2.75 bits per heavy atom. The van der Waals surface area contributed by atoms with Crippen molar-refractivity contribution in [2.75, 3.05) is 13.2 Å². The monoisotopic (exact) mass is 214 g/mol. The zero-order chi connectivity index (χ0) is 11.1. The average Bonchev–Trinajstić information content (AvgIpc) is 2.79. The molecule has 3 rings (SSSR count). The van der Waals surface area contributed by atoms with Gasteiger partial charge in [0, 0.05) is 17.9 Å². The van der Waals surface area contributed by atoms with Gasteiger partial charge in [-0.25, -0.2) is 0 Å². The van der Waals surface area contributed by atoms with Crippen LogP contribution in [0.2, 0.25) is 0 Å². The van der Waals surface area contributed by atoms with Gasteiger partial charge in [0.25, 0.3) is 0 Å². The highest BCUT2D eigenvalue weighted by atomic mass is 16.5. The van der Waals surface area contributed by atoms with Crippen molar-refractivity contribution in [3.05, 3.63) is 41.0 Å². The summed E-state index contributed by atoms with van der Waals surface area (Å²) in [5.74, 6) is 0.635. The fourth-order valence-electron chi connectivity index (χ4n) is 2.56. The lowest BCUT2D eigenvalue weighted by atomic mass is 9.99. The van der Waals surface area contributed by atoms with Crippen LogP contribution in [0.4, 0.5) is 0 Å². The molecule has 1 aliphatic carbocycles. The molecule has 1 saturated heterocycles. The molecule has 0 unspecified atom stereocenters. The van der Waals surface area contributed by atoms with E-state index in [1.807, 2.05) is 12.1 Å². The maximum Gasteiger partial charge on any atom is 0.164 e. The molecule has 1 aliphatic heterocycles. The van der Waals surface area contributed by atoms with E-state index in [4.69, 9.17) is 4.74 Å². The Hall–Kier alpha value is -1.41. The number of carbonyl (C=O) groups is 1. The summed E-state index contributed by atoms with van der Waals surface area (Å²) < 4.78 is 5.43. The maximum absolute atomic E-state index is 12.0. The molecule has 82 valence electrons. The minimum absolute atomic E-state index is 0.284. The van der Waals surface area contributed by atoms with E-state index in [9.17, 15) is 4.79 Å². The summed E-state index contributed by atoms with van der Waals surface area (Å²) in [6.45, 7) is 3.41. The Labute approximate surface area is 94.9 Å². The van der Waals surface area contributed by atoms with Gasteiger partial charge in [-0.15, -0.1) is 0 Å². The van der Waals surface area contributed by atoms with Gasteiger partial charge in [0.15, 0.2) is 5.78 Å². The van der Waals surface area contributed by atoms with E-state index in [1.54, 1.807) is 0 Å². The Kier molecular flexibility index (Phi) is 2.18. The normalized spacial score (nSPS) is 24.1. The third kappa shape index (κ3) is 1.41. The van der Waals surface area contributed by atoms with Crippen LogP contribution >= 0.6 is 0 Å². The van der Waals surface area contributed by atoms with Crippen LogP contribution in [0.3, 0.4) is 0 Å². The molecular weight excluding hydrogens is 200 g/mol. The number of aryl methyl sites for hydroxylation is 1. The quantitative estimate of drug-likeness (QED) is 0.717. The zero-order valence-corrected chi connectivity index (χ0v) is 9.32. The van der Waals surface area contributed by atoms with Crippen LogP contribution in [0.15, 0.2) is 29.8 Å². The number of hydrogen-bond donors (Lipinski definition) is 0. The standard InChI is InChI=1S/C14H14O2/c1-9-2-4-10(5-3-9)14-12-8-16-7-11(12)6-13(14)15/h2-5,11H,6-8H2,1H3/t11-/m0/s1. The second-order valence-electron chi connectivity index (χ2n) is 4.61. The smallest absolute Gasteiger partial charge is 0.164 e. The number of allylic oxidation sites excluding steroid dienone is 1. The molecule has 2 aliphatic rings. The highest BCUT2D eigenvalue weighted by Gasteiger charge is 2.36. The van der Waals surface area contributed by atoms with Gasteiger partial charge in [-0.1, -0.05) is 29.8 Å². The molecule has 1 atom stereocenters. The van der Waals surface area contributed by atoms with E-state index in [0.717, 1.165) is 17.7 Å². The first-order valence-electron chi connectivity index (χ1n) is 5.67. The van der Waals surface area contributed by atoms with Gasteiger partial charge in [0.05, 0.1) is 13.2 Å². The number of Topliss-reactive ketones (excluding diaryl/α,β-unsaturated/α-hetero) is 1. The second kappa shape index (κ2) is 3.56. The van der Waals surface area contributed by atoms with Crippen molar-refractivity contribution in [2.24, 2.45) is 5.92 Å². The van der Waals surface area contributed by atoms with Crippen molar-refractivity contribution < 1.29 is 9.53 Å². The molecule has 0 saturated carbocycles. The number of hydrogen-bond acceptors (Lipinski definition) is 2. The first-order valence-corrected chi connectivity index (χ1v) is 5.67. The van der Waals surface area contributed by atoms with Crippen LogP contribution in [0.1, 0.15) is 17.5 Å². The van der Waals surface area contributed by atoms with Crippen molar-refractivity contribution in [1.82, 2.24) is 0 Å². The Morgan fingerprint density at radius 1 is 1.25 bits per heavy atom. The lowest BCUT2D eigenvalue weighted by molar-refractivity contribution is -0.113. The molecule has 1 fully saturated rings. The number of ether oxygens (including phenoxy) is 1. The first-order chi connectivity index (χ1) is 7.75. The van der Waals surface area contributed by atoms with Crippen LogP contribution in [-0.4, -0.2) is 19.0 Å². The van der Waals surface area contributed by atoms with E-state index < -0.39 is 0 Å². The minimum Gasteiger partial charge on any atom is -0.376 e. The molecule has 0 N–H and O–H groups in total. The zero-order valence-electron chi connectivity index (χ0n) is 9.32. The number of benzene rings is 1. The van der Waals surface area contributed by atoms with E-state index in [0.29, 0.717) is 18.9 Å². The van der Waals surface area contributed by atoms with Gasteiger partial charge >= 0.3 is 0 Å². The molecule has 0 spiro atoms. The summed E-state index contributed by atoms with van der Waals surface area (Å²) in [7, 11) is 0. The summed E-state index contributed by atoms with van der Waals surface area (Å²) in [5.41, 5.74) is 4.41. The van der Waals surface area contributed by atoms with Gasteiger partial charge < -0.3 is 4.74 Å². The summed E-state index contributed by atoms with van der Waals surface area (Å²) in [6, 6.07) is 8.19. The fraction of sp³-hybridized carbons (Fsp3) is 0.357. The van der Waals surface area contributed by atoms with Crippen molar-refractivity contribution >= 4 is 11.4 Å². The maximum atomic E-state index is 12.0. The van der Waals surface area contributed by atoms with Crippen molar-refractivity contribution in [1.29, 1.82) is 0 Å². The van der Waals surface area contributed by atoms with Gasteiger partial charge in [-0.2, -0.15) is 0 Å². The molecule has 0 radical (unpaired) electrons. The van der Waals surface area contributed by atoms with Crippen LogP contribution in [0.25, 0.3) is 5.57 Å². The van der Waals surface area contributed by atoms with Gasteiger partial charge in [-0.05, 0) is 18.1 Å². The highest BCUT2D eigenvalue weighted by Crippen LogP contribution is 2.39. The SMILES string of the molecule is Cc1ccc(C2=C3COC[C@@H]3CC2=O)cc1. The summed E-state index contributed by atoms with van der Waals surface area (Å²) in [6.07, 6.45) is 0.637. The molecule has 1 aromatic rings. The molecule has 1 heterocycles.